The molecular weight excluding hydrogens is 411 g/mol. The van der Waals surface area contributed by atoms with Gasteiger partial charge in [0, 0.05) is 63.3 Å². The summed E-state index contributed by atoms with van der Waals surface area (Å²) in [5.74, 6) is -0.526. The Hall–Kier alpha value is -2.07. The highest BCUT2D eigenvalue weighted by molar-refractivity contribution is 5.84. The number of nitrogens with zero attached hydrogens (tertiary/aromatic N) is 4. The van der Waals surface area contributed by atoms with E-state index in [1.807, 2.05) is 6.07 Å². The number of hydrogen-bond donors (Lipinski definition) is 1. The number of rotatable bonds is 4. The number of carbonyl (C=O) groups is 1. The summed E-state index contributed by atoms with van der Waals surface area (Å²) in [6.45, 7) is 3.96. The van der Waals surface area contributed by atoms with Gasteiger partial charge in [0.2, 0.25) is 0 Å². The first-order valence-corrected chi connectivity index (χ1v) is 11.1. The number of alkyl halides is 3. The van der Waals surface area contributed by atoms with Crippen molar-refractivity contribution in [1.82, 2.24) is 14.9 Å². The number of anilines is 2. The first-order valence-electron chi connectivity index (χ1n) is 11.1. The Labute approximate surface area is 180 Å². The van der Waals surface area contributed by atoms with Crippen molar-refractivity contribution in [3.8, 4) is 0 Å². The largest absolute Gasteiger partial charge is 0.430 e. The third-order valence-corrected chi connectivity index (χ3v) is 6.60. The number of piperazine rings is 1. The highest BCUT2D eigenvalue weighted by atomic mass is 19.4. The van der Waals surface area contributed by atoms with Crippen LogP contribution in [0.5, 0.6) is 0 Å². The molecule has 3 fully saturated rings. The average molecular weight is 441 g/mol. The molecule has 31 heavy (non-hydrogen) atoms. The van der Waals surface area contributed by atoms with Crippen LogP contribution in [0.1, 0.15) is 38.5 Å². The van der Waals surface area contributed by atoms with E-state index in [0.717, 1.165) is 38.0 Å². The summed E-state index contributed by atoms with van der Waals surface area (Å²) in [5, 5.41) is 3.96. The molecular formula is C21H30F3N5O2. The molecule has 7 nitrogen and oxygen atoms in total. The van der Waals surface area contributed by atoms with E-state index >= 15 is 0 Å². The zero-order valence-electron chi connectivity index (χ0n) is 17.6. The Bertz CT molecular complexity index is 741. The number of hydrogen-bond acceptors (Lipinski definition) is 6. The Balaban J connectivity index is 1.25. The van der Waals surface area contributed by atoms with E-state index in [0.29, 0.717) is 5.69 Å². The first-order chi connectivity index (χ1) is 14.9. The third-order valence-electron chi connectivity index (χ3n) is 6.60. The second-order valence-corrected chi connectivity index (χ2v) is 8.61. The Morgan fingerprint density at radius 3 is 2.35 bits per heavy atom. The van der Waals surface area contributed by atoms with Crippen LogP contribution in [0, 0.1) is 5.92 Å². The number of amides is 1. The molecule has 1 N–H and O–H groups in total. The van der Waals surface area contributed by atoms with Gasteiger partial charge in [-0.1, -0.05) is 12.8 Å². The molecule has 1 aliphatic carbocycles. The molecule has 4 rings (SSSR count). The van der Waals surface area contributed by atoms with Crippen molar-refractivity contribution in [2.45, 2.75) is 50.7 Å². The maximum atomic E-state index is 12.8. The maximum Gasteiger partial charge on any atom is 0.430 e. The number of aromatic nitrogens is 1. The minimum Gasteiger partial charge on any atom is -0.354 e. The van der Waals surface area contributed by atoms with Crippen LogP contribution in [0.15, 0.2) is 18.3 Å². The second-order valence-electron chi connectivity index (χ2n) is 8.61. The summed E-state index contributed by atoms with van der Waals surface area (Å²) in [4.78, 5) is 26.6. The van der Waals surface area contributed by atoms with Crippen LogP contribution >= 0.6 is 0 Å². The topological polar surface area (TPSA) is 60.9 Å². The molecule has 2 saturated heterocycles. The van der Waals surface area contributed by atoms with Gasteiger partial charge in [0.1, 0.15) is 5.82 Å². The number of hydroxylamine groups is 2. The maximum absolute atomic E-state index is 12.8. The van der Waals surface area contributed by atoms with Gasteiger partial charge in [-0.2, -0.15) is 13.2 Å². The number of halogens is 3. The molecule has 3 aliphatic rings. The zero-order chi connectivity index (χ0) is 21.8. The fourth-order valence-electron chi connectivity index (χ4n) is 4.79. The SMILES string of the molecule is O=C(Nc1ccnc(N2CCN(C3CCCC3)CC2)c1)ON1CCC(C(F)(F)F)CC1. The van der Waals surface area contributed by atoms with Gasteiger partial charge >= 0.3 is 12.3 Å². The zero-order valence-corrected chi connectivity index (χ0v) is 17.6. The van der Waals surface area contributed by atoms with Crippen LogP contribution in [0.3, 0.4) is 0 Å². The molecule has 0 spiro atoms. The normalized spacial score (nSPS) is 22.6. The van der Waals surface area contributed by atoms with Gasteiger partial charge in [-0.3, -0.25) is 10.2 Å². The summed E-state index contributed by atoms with van der Waals surface area (Å²) in [6.07, 6.45) is 1.88. The van der Waals surface area contributed by atoms with Gasteiger partial charge in [0.25, 0.3) is 0 Å². The molecule has 10 heteroatoms. The van der Waals surface area contributed by atoms with E-state index in [1.54, 1.807) is 12.3 Å². The van der Waals surface area contributed by atoms with Gasteiger partial charge < -0.3 is 9.74 Å². The number of pyridine rings is 1. The van der Waals surface area contributed by atoms with Crippen LogP contribution in [0.4, 0.5) is 29.5 Å². The molecule has 0 aromatic carbocycles. The predicted octanol–water partition coefficient (Wildman–Crippen LogP) is 3.88. The molecule has 1 aromatic rings. The van der Waals surface area contributed by atoms with Crippen molar-refractivity contribution in [3.63, 3.8) is 0 Å². The first kappa shape index (κ1) is 22.1. The average Bonchev–Trinajstić information content (AvgIpc) is 3.29. The smallest absolute Gasteiger partial charge is 0.354 e. The van der Waals surface area contributed by atoms with Crippen molar-refractivity contribution in [2.24, 2.45) is 5.92 Å². The molecule has 1 amide bonds. The molecule has 1 aromatic heterocycles. The van der Waals surface area contributed by atoms with Gasteiger partial charge in [-0.15, -0.1) is 5.06 Å². The van der Waals surface area contributed by atoms with E-state index < -0.39 is 18.2 Å². The van der Waals surface area contributed by atoms with Crippen LogP contribution in [0.2, 0.25) is 0 Å². The number of nitrogens with one attached hydrogen (secondary N) is 1. The summed E-state index contributed by atoms with van der Waals surface area (Å²) in [7, 11) is 0. The second kappa shape index (κ2) is 9.60. The molecule has 0 atom stereocenters. The van der Waals surface area contributed by atoms with Gasteiger partial charge in [0.05, 0.1) is 5.92 Å². The molecule has 0 radical (unpaired) electrons. The van der Waals surface area contributed by atoms with E-state index in [2.05, 4.69) is 20.1 Å². The fraction of sp³-hybridized carbons (Fsp3) is 0.714. The summed E-state index contributed by atoms with van der Waals surface area (Å²) in [6, 6.07) is 4.21. The summed E-state index contributed by atoms with van der Waals surface area (Å²) < 4.78 is 38.3. The third kappa shape index (κ3) is 5.79. The minimum atomic E-state index is -4.19. The fourth-order valence-corrected chi connectivity index (χ4v) is 4.79. The number of piperidine rings is 1. The molecule has 3 heterocycles. The van der Waals surface area contributed by atoms with E-state index in [4.69, 9.17) is 4.84 Å². The van der Waals surface area contributed by atoms with Crippen LogP contribution in [-0.2, 0) is 4.84 Å². The minimum absolute atomic E-state index is 0.0664. The Kier molecular flexibility index (Phi) is 6.86. The molecule has 0 unspecified atom stereocenters. The van der Waals surface area contributed by atoms with E-state index in [1.165, 1.54) is 30.7 Å². The lowest BCUT2D eigenvalue weighted by atomic mass is 9.97. The molecule has 2 aliphatic heterocycles. The van der Waals surface area contributed by atoms with Crippen LogP contribution < -0.4 is 10.2 Å². The quantitative estimate of drug-likeness (QED) is 0.765. The van der Waals surface area contributed by atoms with Crippen molar-refractivity contribution < 1.29 is 22.8 Å². The van der Waals surface area contributed by atoms with Crippen LogP contribution in [-0.4, -0.2) is 72.5 Å². The highest BCUT2D eigenvalue weighted by Crippen LogP contribution is 2.34. The lowest BCUT2D eigenvalue weighted by Crippen LogP contribution is -2.50. The number of carbonyl (C=O) groups excluding carboxylic acids is 1. The summed E-state index contributed by atoms with van der Waals surface area (Å²) in [5.41, 5.74) is 0.554. The molecule has 1 saturated carbocycles. The lowest BCUT2D eigenvalue weighted by Gasteiger charge is -2.38. The highest BCUT2D eigenvalue weighted by Gasteiger charge is 2.41. The lowest BCUT2D eigenvalue weighted by molar-refractivity contribution is -0.203. The monoisotopic (exact) mass is 441 g/mol. The Morgan fingerprint density at radius 2 is 1.71 bits per heavy atom. The predicted molar refractivity (Wildman–Crippen MR) is 111 cm³/mol. The van der Waals surface area contributed by atoms with Crippen molar-refractivity contribution in [1.29, 1.82) is 0 Å². The molecule has 0 bridgehead atoms. The van der Waals surface area contributed by atoms with Gasteiger partial charge in [-0.25, -0.2) is 9.78 Å². The van der Waals surface area contributed by atoms with Crippen molar-refractivity contribution in [2.75, 3.05) is 49.5 Å². The molecule has 172 valence electrons. The van der Waals surface area contributed by atoms with E-state index in [9.17, 15) is 18.0 Å². The van der Waals surface area contributed by atoms with Gasteiger partial charge in [0.15, 0.2) is 0 Å². The van der Waals surface area contributed by atoms with E-state index in [-0.39, 0.29) is 25.9 Å². The van der Waals surface area contributed by atoms with Crippen LogP contribution in [0.25, 0.3) is 0 Å². The Morgan fingerprint density at radius 1 is 1.03 bits per heavy atom. The van der Waals surface area contributed by atoms with Gasteiger partial charge in [-0.05, 0) is 31.7 Å². The van der Waals surface area contributed by atoms with Crippen molar-refractivity contribution in [3.05, 3.63) is 18.3 Å². The standard InChI is InChI=1S/C21H30F3N5O2/c22-21(23,24)16-6-9-29(10-7-16)31-20(30)26-17-5-8-25-19(15-17)28-13-11-27(12-14-28)18-3-1-2-4-18/h5,8,15-16,18H,1-4,6-7,9-14H2,(H,25,26,30). The summed E-state index contributed by atoms with van der Waals surface area (Å²) >= 11 is 0. The van der Waals surface area contributed by atoms with Crippen molar-refractivity contribution >= 4 is 17.6 Å².